The number of aliphatic hydroxyl groups excluding tert-OH is 1. The quantitative estimate of drug-likeness (QED) is 0.934. The molecule has 3 nitrogen and oxygen atoms in total. The number of halogens is 2. The van der Waals surface area contributed by atoms with Crippen molar-refractivity contribution < 1.29 is 14.2 Å². The number of methoxy groups -OCH3 is 1. The molecule has 1 aromatic carbocycles. The number of pyridine rings is 1. The standard InChI is InChI=1S/C16H17ClFNO2/c1-9-8-19-13(10(2)16(9)21-3)7-14(20)11-5-4-6-12(17)15(11)18/h4-6,8,14,20H,7H2,1-3H3. The van der Waals surface area contributed by atoms with Crippen LogP contribution >= 0.6 is 11.6 Å². The first kappa shape index (κ1) is 15.7. The molecule has 1 atom stereocenters. The fraction of sp³-hybridized carbons (Fsp3) is 0.312. The zero-order chi connectivity index (χ0) is 15.6. The Bertz CT molecular complexity index is 661. The highest BCUT2D eigenvalue weighted by Gasteiger charge is 2.18. The van der Waals surface area contributed by atoms with Crippen LogP contribution in [0.25, 0.3) is 0 Å². The molecule has 1 unspecified atom stereocenters. The van der Waals surface area contributed by atoms with Crippen molar-refractivity contribution >= 4 is 11.6 Å². The van der Waals surface area contributed by atoms with Crippen LogP contribution in [-0.2, 0) is 6.42 Å². The van der Waals surface area contributed by atoms with Crippen molar-refractivity contribution in [2.24, 2.45) is 0 Å². The molecule has 0 saturated heterocycles. The van der Waals surface area contributed by atoms with E-state index >= 15 is 0 Å². The van der Waals surface area contributed by atoms with Gasteiger partial charge in [-0.1, -0.05) is 23.7 Å². The number of benzene rings is 1. The van der Waals surface area contributed by atoms with E-state index in [-0.39, 0.29) is 17.0 Å². The Morgan fingerprint density at radius 1 is 1.38 bits per heavy atom. The van der Waals surface area contributed by atoms with E-state index in [2.05, 4.69) is 4.98 Å². The van der Waals surface area contributed by atoms with Crippen molar-refractivity contribution in [3.05, 3.63) is 57.6 Å². The van der Waals surface area contributed by atoms with E-state index in [1.807, 2.05) is 13.8 Å². The molecular formula is C16H17ClFNO2. The molecule has 0 aliphatic heterocycles. The van der Waals surface area contributed by atoms with Crippen LogP contribution in [0.15, 0.2) is 24.4 Å². The highest BCUT2D eigenvalue weighted by Crippen LogP contribution is 2.29. The molecular weight excluding hydrogens is 293 g/mol. The van der Waals surface area contributed by atoms with Gasteiger partial charge in [0.15, 0.2) is 0 Å². The first-order valence-electron chi connectivity index (χ1n) is 6.56. The second-order valence-electron chi connectivity index (χ2n) is 4.91. The molecule has 1 aromatic heterocycles. The highest BCUT2D eigenvalue weighted by atomic mass is 35.5. The van der Waals surface area contributed by atoms with Crippen molar-refractivity contribution in [1.82, 2.24) is 4.98 Å². The molecule has 21 heavy (non-hydrogen) atoms. The summed E-state index contributed by atoms with van der Waals surface area (Å²) in [5.41, 5.74) is 2.61. The van der Waals surface area contributed by atoms with Crippen LogP contribution in [0.5, 0.6) is 5.75 Å². The maximum absolute atomic E-state index is 13.9. The first-order valence-corrected chi connectivity index (χ1v) is 6.94. The number of aryl methyl sites for hydroxylation is 1. The first-order chi connectivity index (χ1) is 9.95. The van der Waals surface area contributed by atoms with Gasteiger partial charge in [0.25, 0.3) is 0 Å². The van der Waals surface area contributed by atoms with Crippen LogP contribution in [0.1, 0.15) is 28.5 Å². The summed E-state index contributed by atoms with van der Waals surface area (Å²) >= 11 is 5.74. The van der Waals surface area contributed by atoms with Crippen LogP contribution in [-0.4, -0.2) is 17.2 Å². The van der Waals surface area contributed by atoms with Crippen LogP contribution in [0.3, 0.4) is 0 Å². The minimum Gasteiger partial charge on any atom is -0.496 e. The van der Waals surface area contributed by atoms with Crippen LogP contribution in [0, 0.1) is 19.7 Å². The maximum atomic E-state index is 13.9. The molecule has 112 valence electrons. The third-order valence-corrected chi connectivity index (χ3v) is 3.77. The lowest BCUT2D eigenvalue weighted by molar-refractivity contribution is 0.172. The second kappa shape index (κ2) is 6.41. The predicted octanol–water partition coefficient (Wildman–Crippen LogP) is 3.78. The molecule has 0 aliphatic rings. The number of ether oxygens (including phenoxy) is 1. The Labute approximate surface area is 128 Å². The lowest BCUT2D eigenvalue weighted by atomic mass is 10.0. The summed E-state index contributed by atoms with van der Waals surface area (Å²) in [4.78, 5) is 4.31. The Balaban J connectivity index is 2.32. The van der Waals surface area contributed by atoms with Crippen molar-refractivity contribution in [1.29, 1.82) is 0 Å². The topological polar surface area (TPSA) is 42.4 Å². The molecule has 0 amide bonds. The van der Waals surface area contributed by atoms with Gasteiger partial charge in [-0.05, 0) is 19.9 Å². The number of nitrogens with zero attached hydrogens (tertiary/aromatic N) is 1. The minimum atomic E-state index is -1.01. The normalized spacial score (nSPS) is 12.3. The lowest BCUT2D eigenvalue weighted by Gasteiger charge is -2.16. The summed E-state index contributed by atoms with van der Waals surface area (Å²) in [5, 5.41) is 10.3. The fourth-order valence-electron chi connectivity index (χ4n) is 2.35. The zero-order valence-electron chi connectivity index (χ0n) is 12.2. The van der Waals surface area contributed by atoms with Crippen molar-refractivity contribution in [2.75, 3.05) is 7.11 Å². The molecule has 2 aromatic rings. The molecule has 5 heteroatoms. The van der Waals surface area contributed by atoms with Gasteiger partial charge in [-0.15, -0.1) is 0 Å². The van der Waals surface area contributed by atoms with E-state index in [4.69, 9.17) is 16.3 Å². The molecule has 0 bridgehead atoms. The molecule has 0 aliphatic carbocycles. The lowest BCUT2D eigenvalue weighted by Crippen LogP contribution is -2.08. The van der Waals surface area contributed by atoms with E-state index in [1.54, 1.807) is 19.4 Å². The fourth-order valence-corrected chi connectivity index (χ4v) is 2.53. The average molecular weight is 310 g/mol. The Morgan fingerprint density at radius 2 is 2.10 bits per heavy atom. The van der Waals surface area contributed by atoms with Crippen LogP contribution < -0.4 is 4.74 Å². The number of rotatable bonds is 4. The zero-order valence-corrected chi connectivity index (χ0v) is 12.9. The van der Waals surface area contributed by atoms with E-state index in [9.17, 15) is 9.50 Å². The van der Waals surface area contributed by atoms with E-state index in [0.717, 1.165) is 16.9 Å². The molecule has 1 N–H and O–H groups in total. The van der Waals surface area contributed by atoms with Gasteiger partial charge in [0.2, 0.25) is 0 Å². The largest absolute Gasteiger partial charge is 0.496 e. The van der Waals surface area contributed by atoms with Crippen molar-refractivity contribution in [3.63, 3.8) is 0 Å². The van der Waals surface area contributed by atoms with Gasteiger partial charge in [0, 0.05) is 35.0 Å². The molecule has 0 fully saturated rings. The molecule has 2 rings (SSSR count). The van der Waals surface area contributed by atoms with E-state index in [0.29, 0.717) is 5.69 Å². The molecule has 0 spiro atoms. The predicted molar refractivity (Wildman–Crippen MR) is 80.3 cm³/mol. The van der Waals surface area contributed by atoms with Crippen molar-refractivity contribution in [3.8, 4) is 5.75 Å². The Kier molecular flexibility index (Phi) is 4.80. The van der Waals surface area contributed by atoms with Gasteiger partial charge in [-0.3, -0.25) is 4.98 Å². The second-order valence-corrected chi connectivity index (χ2v) is 5.32. The monoisotopic (exact) mass is 309 g/mol. The number of hydrogen-bond donors (Lipinski definition) is 1. The third kappa shape index (κ3) is 3.17. The Hall–Kier alpha value is -1.65. The molecule has 0 radical (unpaired) electrons. The number of aliphatic hydroxyl groups is 1. The van der Waals surface area contributed by atoms with Gasteiger partial charge < -0.3 is 9.84 Å². The maximum Gasteiger partial charge on any atom is 0.147 e. The summed E-state index contributed by atoms with van der Waals surface area (Å²) in [5.74, 6) is 0.141. The van der Waals surface area contributed by atoms with Gasteiger partial charge in [-0.2, -0.15) is 0 Å². The van der Waals surface area contributed by atoms with Crippen molar-refractivity contribution in [2.45, 2.75) is 26.4 Å². The summed E-state index contributed by atoms with van der Waals surface area (Å²) in [6.45, 7) is 3.77. The summed E-state index contributed by atoms with van der Waals surface area (Å²) in [7, 11) is 1.59. The smallest absolute Gasteiger partial charge is 0.147 e. The van der Waals surface area contributed by atoms with E-state index in [1.165, 1.54) is 12.1 Å². The minimum absolute atomic E-state index is 0.00211. The summed E-state index contributed by atoms with van der Waals surface area (Å²) < 4.78 is 19.3. The Morgan fingerprint density at radius 3 is 2.76 bits per heavy atom. The van der Waals surface area contributed by atoms with Gasteiger partial charge >= 0.3 is 0 Å². The van der Waals surface area contributed by atoms with Gasteiger partial charge in [-0.25, -0.2) is 4.39 Å². The van der Waals surface area contributed by atoms with E-state index < -0.39 is 11.9 Å². The summed E-state index contributed by atoms with van der Waals surface area (Å²) in [6.07, 6.45) is 0.865. The average Bonchev–Trinajstić information content (AvgIpc) is 2.45. The number of hydrogen-bond acceptors (Lipinski definition) is 3. The van der Waals surface area contributed by atoms with Crippen LogP contribution in [0.2, 0.25) is 5.02 Å². The highest BCUT2D eigenvalue weighted by molar-refractivity contribution is 6.30. The SMILES string of the molecule is COc1c(C)cnc(CC(O)c2cccc(Cl)c2F)c1C. The van der Waals surface area contributed by atoms with Gasteiger partial charge in [0.1, 0.15) is 11.6 Å². The third-order valence-electron chi connectivity index (χ3n) is 3.48. The number of aromatic nitrogens is 1. The molecule has 0 saturated carbocycles. The van der Waals surface area contributed by atoms with Gasteiger partial charge in [0.05, 0.1) is 18.2 Å². The summed E-state index contributed by atoms with van der Waals surface area (Å²) in [6, 6.07) is 4.58. The van der Waals surface area contributed by atoms with Crippen LogP contribution in [0.4, 0.5) is 4.39 Å². The molecule has 1 heterocycles.